The van der Waals surface area contributed by atoms with Crippen LogP contribution in [0.15, 0.2) is 36.4 Å². The maximum atomic E-state index is 13.1. The molecule has 0 aliphatic rings. The summed E-state index contributed by atoms with van der Waals surface area (Å²) in [6, 6.07) is 8.64. The SMILES string of the molecule is C[C@H](NC(=O)[C@@H](C)Oc1ccc(F)c(Cl)c1)c1ccc(Cl)cc1Cl. The molecular weight excluding hydrogens is 376 g/mol. The van der Waals surface area contributed by atoms with Gasteiger partial charge in [0, 0.05) is 16.1 Å². The van der Waals surface area contributed by atoms with Crippen LogP contribution in [0, 0.1) is 5.82 Å². The van der Waals surface area contributed by atoms with E-state index in [1.54, 1.807) is 32.0 Å². The number of amides is 1. The standard InChI is InChI=1S/C17H15Cl3FNO2/c1-9(13-5-3-11(18)7-14(13)19)22-17(23)10(2)24-12-4-6-16(21)15(20)8-12/h3-10H,1-2H3,(H,22,23)/t9-,10+/m0/s1. The molecule has 1 N–H and O–H groups in total. The summed E-state index contributed by atoms with van der Waals surface area (Å²) >= 11 is 17.7. The topological polar surface area (TPSA) is 38.3 Å². The van der Waals surface area contributed by atoms with Gasteiger partial charge in [-0.25, -0.2) is 4.39 Å². The zero-order valence-corrected chi connectivity index (χ0v) is 15.2. The molecule has 3 nitrogen and oxygen atoms in total. The van der Waals surface area contributed by atoms with Gasteiger partial charge in [0.1, 0.15) is 11.6 Å². The minimum Gasteiger partial charge on any atom is -0.481 e. The number of ether oxygens (including phenoxy) is 1. The van der Waals surface area contributed by atoms with Crippen LogP contribution in [0.3, 0.4) is 0 Å². The molecule has 128 valence electrons. The molecule has 0 saturated carbocycles. The molecule has 24 heavy (non-hydrogen) atoms. The first kappa shape index (κ1) is 18.8. The molecule has 0 aliphatic heterocycles. The molecule has 0 heterocycles. The number of benzene rings is 2. The van der Waals surface area contributed by atoms with Gasteiger partial charge >= 0.3 is 0 Å². The second kappa shape index (κ2) is 8.06. The highest BCUT2D eigenvalue weighted by molar-refractivity contribution is 6.35. The van der Waals surface area contributed by atoms with Gasteiger partial charge in [-0.1, -0.05) is 40.9 Å². The Morgan fingerprint density at radius 2 is 1.79 bits per heavy atom. The minimum absolute atomic E-state index is 0.0681. The molecule has 0 fully saturated rings. The van der Waals surface area contributed by atoms with Gasteiger partial charge < -0.3 is 10.1 Å². The lowest BCUT2D eigenvalue weighted by Gasteiger charge is -2.20. The molecule has 2 aromatic rings. The van der Waals surface area contributed by atoms with Crippen LogP contribution in [-0.2, 0) is 4.79 Å². The Morgan fingerprint density at radius 3 is 2.42 bits per heavy atom. The number of halogens is 4. The first-order valence-corrected chi connectivity index (χ1v) is 8.28. The fraction of sp³-hybridized carbons (Fsp3) is 0.235. The molecule has 2 aromatic carbocycles. The van der Waals surface area contributed by atoms with Gasteiger partial charge in [0.2, 0.25) is 0 Å². The molecule has 7 heteroatoms. The largest absolute Gasteiger partial charge is 0.481 e. The van der Waals surface area contributed by atoms with Crippen LogP contribution >= 0.6 is 34.8 Å². The third-order valence-electron chi connectivity index (χ3n) is 3.36. The molecular formula is C17H15Cl3FNO2. The van der Waals surface area contributed by atoms with Gasteiger partial charge in [0.15, 0.2) is 6.10 Å². The Kier molecular flexibility index (Phi) is 6.33. The first-order chi connectivity index (χ1) is 11.3. The van der Waals surface area contributed by atoms with E-state index in [9.17, 15) is 9.18 Å². The summed E-state index contributed by atoms with van der Waals surface area (Å²) in [5, 5.41) is 3.72. The molecule has 2 rings (SSSR count). The van der Waals surface area contributed by atoms with Crippen molar-refractivity contribution in [1.82, 2.24) is 5.32 Å². The molecule has 0 radical (unpaired) electrons. The van der Waals surface area contributed by atoms with E-state index in [2.05, 4.69) is 5.32 Å². The van der Waals surface area contributed by atoms with E-state index in [0.717, 1.165) is 5.56 Å². The first-order valence-electron chi connectivity index (χ1n) is 7.15. The third-order valence-corrected chi connectivity index (χ3v) is 4.21. The fourth-order valence-electron chi connectivity index (χ4n) is 2.07. The summed E-state index contributed by atoms with van der Waals surface area (Å²) < 4.78 is 18.6. The van der Waals surface area contributed by atoms with E-state index in [4.69, 9.17) is 39.5 Å². The van der Waals surface area contributed by atoms with Gasteiger partial charge in [-0.05, 0) is 43.7 Å². The Balaban J connectivity index is 2.01. The molecule has 0 unspecified atom stereocenters. The summed E-state index contributed by atoms with van der Waals surface area (Å²) in [7, 11) is 0. The Labute approximate surface area is 154 Å². The predicted molar refractivity (Wildman–Crippen MR) is 94.5 cm³/mol. The van der Waals surface area contributed by atoms with Gasteiger partial charge in [0.05, 0.1) is 11.1 Å². The lowest BCUT2D eigenvalue weighted by molar-refractivity contribution is -0.127. The van der Waals surface area contributed by atoms with Crippen molar-refractivity contribution in [2.45, 2.75) is 26.0 Å². The quantitative estimate of drug-likeness (QED) is 0.739. The monoisotopic (exact) mass is 389 g/mol. The number of hydrogen-bond acceptors (Lipinski definition) is 2. The molecule has 0 aliphatic carbocycles. The zero-order valence-electron chi connectivity index (χ0n) is 12.9. The van der Waals surface area contributed by atoms with Crippen molar-refractivity contribution in [3.8, 4) is 5.75 Å². The van der Waals surface area contributed by atoms with Crippen LogP contribution in [0.5, 0.6) is 5.75 Å². The van der Waals surface area contributed by atoms with Gasteiger partial charge in [-0.15, -0.1) is 0 Å². The van der Waals surface area contributed by atoms with Gasteiger partial charge in [0.25, 0.3) is 5.91 Å². The Hall–Kier alpha value is -1.49. The molecule has 0 spiro atoms. The zero-order chi connectivity index (χ0) is 17.9. The number of carbonyl (C=O) groups excluding carboxylic acids is 1. The summed E-state index contributed by atoms with van der Waals surface area (Å²) in [4.78, 5) is 12.2. The van der Waals surface area contributed by atoms with E-state index >= 15 is 0 Å². The second-order valence-electron chi connectivity index (χ2n) is 5.23. The maximum absolute atomic E-state index is 13.1. The van der Waals surface area contributed by atoms with E-state index in [0.29, 0.717) is 15.8 Å². The molecule has 1 amide bonds. The number of nitrogens with one attached hydrogen (secondary N) is 1. The average molecular weight is 391 g/mol. The molecule has 0 saturated heterocycles. The van der Waals surface area contributed by atoms with Crippen LogP contribution in [0.2, 0.25) is 15.1 Å². The van der Waals surface area contributed by atoms with Gasteiger partial charge in [-0.2, -0.15) is 0 Å². The minimum atomic E-state index is -0.792. The van der Waals surface area contributed by atoms with E-state index in [1.165, 1.54) is 18.2 Å². The highest BCUT2D eigenvalue weighted by Gasteiger charge is 2.19. The van der Waals surface area contributed by atoms with E-state index in [-0.39, 0.29) is 17.0 Å². The summed E-state index contributed by atoms with van der Waals surface area (Å²) in [5.41, 5.74) is 0.742. The third kappa shape index (κ3) is 4.76. The second-order valence-corrected chi connectivity index (χ2v) is 6.48. The molecule has 0 aromatic heterocycles. The van der Waals surface area contributed by atoms with Crippen LogP contribution in [-0.4, -0.2) is 12.0 Å². The van der Waals surface area contributed by atoms with Crippen LogP contribution in [0.1, 0.15) is 25.5 Å². The normalized spacial score (nSPS) is 13.2. The van der Waals surface area contributed by atoms with Crippen molar-refractivity contribution in [2.75, 3.05) is 0 Å². The maximum Gasteiger partial charge on any atom is 0.261 e. The highest BCUT2D eigenvalue weighted by atomic mass is 35.5. The average Bonchev–Trinajstić information content (AvgIpc) is 2.50. The number of rotatable bonds is 5. The highest BCUT2D eigenvalue weighted by Crippen LogP contribution is 2.26. The number of carbonyl (C=O) groups is 1. The van der Waals surface area contributed by atoms with Crippen molar-refractivity contribution in [1.29, 1.82) is 0 Å². The Bertz CT molecular complexity index is 755. The van der Waals surface area contributed by atoms with Crippen molar-refractivity contribution >= 4 is 40.7 Å². The summed E-state index contributed by atoms with van der Waals surface area (Å²) in [6.45, 7) is 3.39. The Morgan fingerprint density at radius 1 is 1.08 bits per heavy atom. The van der Waals surface area contributed by atoms with E-state index in [1.807, 2.05) is 0 Å². The predicted octanol–water partition coefficient (Wildman–Crippen LogP) is 5.43. The summed E-state index contributed by atoms with van der Waals surface area (Å²) in [5.74, 6) is -0.581. The smallest absolute Gasteiger partial charge is 0.261 e. The van der Waals surface area contributed by atoms with Crippen molar-refractivity contribution in [3.63, 3.8) is 0 Å². The lowest BCUT2D eigenvalue weighted by Crippen LogP contribution is -2.37. The van der Waals surface area contributed by atoms with E-state index < -0.39 is 11.9 Å². The van der Waals surface area contributed by atoms with Crippen LogP contribution < -0.4 is 10.1 Å². The van der Waals surface area contributed by atoms with Crippen molar-refractivity contribution in [2.24, 2.45) is 0 Å². The fourth-order valence-corrected chi connectivity index (χ4v) is 2.81. The van der Waals surface area contributed by atoms with Crippen molar-refractivity contribution in [3.05, 3.63) is 62.8 Å². The molecule has 0 bridgehead atoms. The molecule has 2 atom stereocenters. The van der Waals surface area contributed by atoms with Gasteiger partial charge in [-0.3, -0.25) is 4.79 Å². The van der Waals surface area contributed by atoms with Crippen molar-refractivity contribution < 1.29 is 13.9 Å². The van der Waals surface area contributed by atoms with Crippen LogP contribution in [0.25, 0.3) is 0 Å². The van der Waals surface area contributed by atoms with Crippen LogP contribution in [0.4, 0.5) is 4.39 Å². The summed E-state index contributed by atoms with van der Waals surface area (Å²) in [6.07, 6.45) is -0.792. The lowest BCUT2D eigenvalue weighted by atomic mass is 10.1. The number of hydrogen-bond donors (Lipinski definition) is 1.